The summed E-state index contributed by atoms with van der Waals surface area (Å²) in [6.07, 6.45) is 3.97. The fraction of sp³-hybridized carbons (Fsp3) is 0.500. The summed E-state index contributed by atoms with van der Waals surface area (Å²) in [6, 6.07) is 7.72. The number of benzene rings is 1. The number of likely N-dealkylation sites (tertiary alicyclic amines) is 1. The molecule has 0 unspecified atom stereocenters. The van der Waals surface area contributed by atoms with E-state index in [9.17, 15) is 0 Å². The molecule has 1 N–H and O–H groups in total. The maximum atomic E-state index is 8.74. The topological polar surface area (TPSA) is 32.7 Å². The molecule has 3 heteroatoms. The van der Waals surface area contributed by atoms with Crippen LogP contribution in [0.1, 0.15) is 24.8 Å². The Balaban J connectivity index is 1.84. The lowest BCUT2D eigenvalue weighted by Crippen LogP contribution is -2.33. The van der Waals surface area contributed by atoms with Crippen molar-refractivity contribution in [2.24, 2.45) is 0 Å². The van der Waals surface area contributed by atoms with Gasteiger partial charge in [0.1, 0.15) is 19.0 Å². The van der Waals surface area contributed by atoms with Crippen LogP contribution in [0.25, 0.3) is 0 Å². The normalized spacial score (nSPS) is 15.6. The van der Waals surface area contributed by atoms with Gasteiger partial charge in [0, 0.05) is 6.54 Å². The number of piperidine rings is 1. The molecule has 2 rings (SSSR count). The molecule has 0 atom stereocenters. The summed E-state index contributed by atoms with van der Waals surface area (Å²) in [5, 5.41) is 8.74. The summed E-state index contributed by atoms with van der Waals surface area (Å²) in [4.78, 5) is 2.45. The Morgan fingerprint density at radius 1 is 1.16 bits per heavy atom. The van der Waals surface area contributed by atoms with Crippen molar-refractivity contribution in [1.82, 2.24) is 4.90 Å². The van der Waals surface area contributed by atoms with Gasteiger partial charge in [-0.1, -0.05) is 30.4 Å². The van der Waals surface area contributed by atoms with Gasteiger partial charge < -0.3 is 9.84 Å². The lowest BCUT2D eigenvalue weighted by Gasteiger charge is -2.26. The molecule has 0 bridgehead atoms. The zero-order chi connectivity index (χ0) is 13.3. The molecule has 0 spiro atoms. The first kappa shape index (κ1) is 13.9. The van der Waals surface area contributed by atoms with Crippen LogP contribution in [-0.4, -0.2) is 42.9 Å². The zero-order valence-electron chi connectivity index (χ0n) is 11.3. The third-order valence-electron chi connectivity index (χ3n) is 3.30. The molecule has 0 aromatic heterocycles. The van der Waals surface area contributed by atoms with Gasteiger partial charge in [-0.3, -0.25) is 4.90 Å². The minimum absolute atomic E-state index is 0.123. The highest BCUT2D eigenvalue weighted by molar-refractivity contribution is 5.45. The first-order valence-electron chi connectivity index (χ1n) is 6.94. The van der Waals surface area contributed by atoms with E-state index in [0.717, 1.165) is 17.9 Å². The van der Waals surface area contributed by atoms with Gasteiger partial charge in [-0.2, -0.15) is 0 Å². The Kier molecular flexibility index (Phi) is 5.74. The third-order valence-corrected chi connectivity index (χ3v) is 3.30. The molecular formula is C16H21NO2. The first-order valence-corrected chi connectivity index (χ1v) is 6.94. The monoisotopic (exact) mass is 259 g/mol. The minimum atomic E-state index is -0.123. The Labute approximate surface area is 115 Å². The number of aliphatic hydroxyl groups excluding tert-OH is 1. The molecule has 1 fully saturated rings. The Morgan fingerprint density at radius 2 is 1.95 bits per heavy atom. The molecule has 0 amide bonds. The van der Waals surface area contributed by atoms with Crippen molar-refractivity contribution in [3.63, 3.8) is 0 Å². The highest BCUT2D eigenvalue weighted by atomic mass is 16.5. The van der Waals surface area contributed by atoms with E-state index in [1.807, 2.05) is 24.3 Å². The van der Waals surface area contributed by atoms with E-state index < -0.39 is 0 Å². The number of hydrogen-bond donors (Lipinski definition) is 1. The van der Waals surface area contributed by atoms with Crippen LogP contribution in [0.5, 0.6) is 5.75 Å². The predicted octanol–water partition coefficient (Wildman–Crippen LogP) is 1.90. The summed E-state index contributed by atoms with van der Waals surface area (Å²) < 4.78 is 5.81. The summed E-state index contributed by atoms with van der Waals surface area (Å²) in [6.45, 7) is 3.92. The van der Waals surface area contributed by atoms with Crippen molar-refractivity contribution in [3.05, 3.63) is 29.8 Å². The third kappa shape index (κ3) is 4.59. The van der Waals surface area contributed by atoms with Gasteiger partial charge in [0.15, 0.2) is 0 Å². The van der Waals surface area contributed by atoms with E-state index >= 15 is 0 Å². The summed E-state index contributed by atoms with van der Waals surface area (Å²) in [5.41, 5.74) is 0.843. The van der Waals surface area contributed by atoms with Crippen molar-refractivity contribution in [2.75, 3.05) is 32.8 Å². The molecule has 0 aliphatic carbocycles. The van der Waals surface area contributed by atoms with Gasteiger partial charge in [-0.05, 0) is 38.1 Å². The molecule has 102 valence electrons. The molecule has 3 nitrogen and oxygen atoms in total. The number of rotatable bonds is 4. The van der Waals surface area contributed by atoms with Crippen LogP contribution in [0.4, 0.5) is 0 Å². The second-order valence-electron chi connectivity index (χ2n) is 4.71. The standard InChI is InChI=1S/C16H21NO2/c18-13-6-8-15-7-2-3-9-16(15)19-14-12-17-10-4-1-5-11-17/h2-3,7,9,18H,1,4-5,10-14H2. The SMILES string of the molecule is OCC#Cc1ccccc1OCCN1CCCCC1. The van der Waals surface area contributed by atoms with E-state index in [1.54, 1.807) is 0 Å². The number of aliphatic hydroxyl groups is 1. The quantitative estimate of drug-likeness (QED) is 0.838. The van der Waals surface area contributed by atoms with E-state index in [0.29, 0.717) is 6.61 Å². The predicted molar refractivity (Wildman–Crippen MR) is 76.2 cm³/mol. The fourth-order valence-electron chi connectivity index (χ4n) is 2.30. The minimum Gasteiger partial charge on any atom is -0.491 e. The molecule has 1 saturated heterocycles. The van der Waals surface area contributed by atoms with E-state index in [-0.39, 0.29) is 6.61 Å². The lowest BCUT2D eigenvalue weighted by molar-refractivity contribution is 0.183. The Hall–Kier alpha value is -1.50. The largest absolute Gasteiger partial charge is 0.491 e. The van der Waals surface area contributed by atoms with Crippen LogP contribution < -0.4 is 4.74 Å². The van der Waals surface area contributed by atoms with Crippen LogP contribution in [-0.2, 0) is 0 Å². The average Bonchev–Trinajstić information content (AvgIpc) is 2.47. The van der Waals surface area contributed by atoms with Crippen LogP contribution >= 0.6 is 0 Å². The van der Waals surface area contributed by atoms with Gasteiger partial charge >= 0.3 is 0 Å². The van der Waals surface area contributed by atoms with Crippen LogP contribution in [0.3, 0.4) is 0 Å². The van der Waals surface area contributed by atoms with Crippen LogP contribution in [0.2, 0.25) is 0 Å². The molecule has 0 saturated carbocycles. The van der Waals surface area contributed by atoms with Crippen molar-refractivity contribution in [2.45, 2.75) is 19.3 Å². The van der Waals surface area contributed by atoms with Crippen molar-refractivity contribution >= 4 is 0 Å². The average molecular weight is 259 g/mol. The number of nitrogens with zero attached hydrogens (tertiary/aromatic N) is 1. The molecule has 1 aromatic carbocycles. The van der Waals surface area contributed by atoms with Gasteiger partial charge in [-0.25, -0.2) is 0 Å². The van der Waals surface area contributed by atoms with Crippen molar-refractivity contribution < 1.29 is 9.84 Å². The van der Waals surface area contributed by atoms with E-state index in [1.165, 1.54) is 32.4 Å². The van der Waals surface area contributed by atoms with Gasteiger partial charge in [-0.15, -0.1) is 0 Å². The molecule has 1 aromatic rings. The Bertz CT molecular complexity index is 442. The second kappa shape index (κ2) is 7.83. The van der Waals surface area contributed by atoms with Crippen LogP contribution in [0.15, 0.2) is 24.3 Å². The van der Waals surface area contributed by atoms with Gasteiger partial charge in [0.25, 0.3) is 0 Å². The van der Waals surface area contributed by atoms with E-state index in [2.05, 4.69) is 16.7 Å². The Morgan fingerprint density at radius 3 is 2.74 bits per heavy atom. The van der Waals surface area contributed by atoms with Gasteiger partial charge in [0.2, 0.25) is 0 Å². The fourth-order valence-corrected chi connectivity index (χ4v) is 2.30. The number of para-hydroxylation sites is 1. The molecule has 0 radical (unpaired) electrons. The van der Waals surface area contributed by atoms with E-state index in [4.69, 9.17) is 9.84 Å². The van der Waals surface area contributed by atoms with Gasteiger partial charge in [0.05, 0.1) is 5.56 Å². The molecule has 1 aliphatic heterocycles. The number of hydrogen-bond acceptors (Lipinski definition) is 3. The highest BCUT2D eigenvalue weighted by Gasteiger charge is 2.09. The molecule has 19 heavy (non-hydrogen) atoms. The molecule has 1 aliphatic rings. The van der Waals surface area contributed by atoms with Crippen LogP contribution in [0, 0.1) is 11.8 Å². The molecule has 1 heterocycles. The summed E-state index contributed by atoms with van der Waals surface area (Å²) >= 11 is 0. The molecular weight excluding hydrogens is 238 g/mol. The maximum Gasteiger partial charge on any atom is 0.134 e. The smallest absolute Gasteiger partial charge is 0.134 e. The summed E-state index contributed by atoms with van der Waals surface area (Å²) in [5.74, 6) is 6.38. The zero-order valence-corrected chi connectivity index (χ0v) is 11.3. The van der Waals surface area contributed by atoms with Crippen molar-refractivity contribution in [3.8, 4) is 17.6 Å². The highest BCUT2D eigenvalue weighted by Crippen LogP contribution is 2.17. The van der Waals surface area contributed by atoms with Crippen molar-refractivity contribution in [1.29, 1.82) is 0 Å². The lowest BCUT2D eigenvalue weighted by atomic mass is 10.1. The second-order valence-corrected chi connectivity index (χ2v) is 4.71. The summed E-state index contributed by atoms with van der Waals surface area (Å²) in [7, 11) is 0. The number of ether oxygens (including phenoxy) is 1. The first-order chi connectivity index (χ1) is 9.40. The maximum absolute atomic E-state index is 8.74.